The van der Waals surface area contributed by atoms with Gasteiger partial charge >= 0.3 is 0 Å². The predicted octanol–water partition coefficient (Wildman–Crippen LogP) is 2.42. The highest BCUT2D eigenvalue weighted by Gasteiger charge is 2.21. The topological polar surface area (TPSA) is 78.0 Å². The Balaban J connectivity index is 2.43. The van der Waals surface area contributed by atoms with E-state index in [4.69, 9.17) is 17.3 Å². The number of hydrogen-bond donors (Lipinski definition) is 1. The molecule has 2 aromatic rings. The summed E-state index contributed by atoms with van der Waals surface area (Å²) in [5.41, 5.74) is 7.44. The number of aromatic nitrogens is 2. The van der Waals surface area contributed by atoms with Gasteiger partial charge < -0.3 is 5.73 Å². The molecule has 20 heavy (non-hydrogen) atoms. The van der Waals surface area contributed by atoms with Crippen LogP contribution >= 0.6 is 11.6 Å². The van der Waals surface area contributed by atoms with Gasteiger partial charge in [-0.2, -0.15) is 5.10 Å². The van der Waals surface area contributed by atoms with Crippen molar-refractivity contribution in [3.8, 4) is 0 Å². The maximum atomic E-state index is 12.5. The molecule has 5 nitrogen and oxygen atoms in total. The van der Waals surface area contributed by atoms with E-state index in [1.807, 2.05) is 13.8 Å². The summed E-state index contributed by atoms with van der Waals surface area (Å²) in [5.74, 6) is -0.148. The second-order valence-electron chi connectivity index (χ2n) is 4.54. The second-order valence-corrected chi connectivity index (χ2v) is 6.91. The molecule has 0 fully saturated rings. The van der Waals surface area contributed by atoms with E-state index in [1.165, 1.54) is 12.1 Å². The minimum atomic E-state index is -3.56. The molecule has 0 radical (unpaired) electrons. The summed E-state index contributed by atoms with van der Waals surface area (Å²) in [6.07, 6.45) is 0. The summed E-state index contributed by atoms with van der Waals surface area (Å²) in [6.45, 7) is 4.36. The molecule has 0 saturated heterocycles. The zero-order chi connectivity index (χ0) is 14.9. The number of nitrogens with zero attached hydrogens (tertiary/aromatic N) is 2. The molecule has 0 bridgehead atoms. The lowest BCUT2D eigenvalue weighted by atomic mass is 10.3. The fourth-order valence-corrected chi connectivity index (χ4v) is 3.95. The molecule has 0 unspecified atom stereocenters. The van der Waals surface area contributed by atoms with E-state index in [9.17, 15) is 8.42 Å². The maximum absolute atomic E-state index is 12.5. The van der Waals surface area contributed by atoms with Crippen molar-refractivity contribution in [3.63, 3.8) is 0 Å². The standard InChI is InChI=1S/C13H16ClN3O2S/c1-3-17-11(6-9(2)16-17)8-20(18,19)13-7-10(15)4-5-12(13)14/h4-7H,3,8,15H2,1-2H3. The van der Waals surface area contributed by atoms with Crippen LogP contribution in [0.4, 0.5) is 5.69 Å². The number of anilines is 1. The molecule has 0 amide bonds. The summed E-state index contributed by atoms with van der Waals surface area (Å²) >= 11 is 5.97. The Morgan fingerprint density at radius 3 is 2.70 bits per heavy atom. The summed E-state index contributed by atoms with van der Waals surface area (Å²) < 4.78 is 26.6. The lowest BCUT2D eigenvalue weighted by Crippen LogP contribution is -2.11. The fraction of sp³-hybridized carbons (Fsp3) is 0.308. The summed E-state index contributed by atoms with van der Waals surface area (Å²) in [7, 11) is -3.56. The van der Waals surface area contributed by atoms with Crippen LogP contribution in [0.25, 0.3) is 0 Å². The molecule has 2 rings (SSSR count). The van der Waals surface area contributed by atoms with Gasteiger partial charge in [-0.1, -0.05) is 11.6 Å². The number of nitrogen functional groups attached to an aromatic ring is 1. The molecule has 108 valence electrons. The van der Waals surface area contributed by atoms with Crippen molar-refractivity contribution >= 4 is 27.1 Å². The van der Waals surface area contributed by atoms with Crippen LogP contribution in [0.2, 0.25) is 5.02 Å². The van der Waals surface area contributed by atoms with Gasteiger partial charge in [0.25, 0.3) is 0 Å². The highest BCUT2D eigenvalue weighted by atomic mass is 35.5. The van der Waals surface area contributed by atoms with Crippen LogP contribution in [-0.2, 0) is 22.1 Å². The van der Waals surface area contributed by atoms with Crippen LogP contribution in [0.1, 0.15) is 18.3 Å². The third-order valence-electron chi connectivity index (χ3n) is 2.91. The minimum Gasteiger partial charge on any atom is -0.399 e. The average molecular weight is 314 g/mol. The molecule has 1 heterocycles. The van der Waals surface area contributed by atoms with Crippen LogP contribution in [-0.4, -0.2) is 18.2 Å². The van der Waals surface area contributed by atoms with E-state index in [2.05, 4.69) is 5.10 Å². The Labute approximate surface area is 123 Å². The van der Waals surface area contributed by atoms with E-state index < -0.39 is 9.84 Å². The Morgan fingerprint density at radius 1 is 1.35 bits per heavy atom. The quantitative estimate of drug-likeness (QED) is 0.879. The van der Waals surface area contributed by atoms with Crippen molar-refractivity contribution < 1.29 is 8.42 Å². The molecule has 1 aromatic carbocycles. The number of halogens is 1. The van der Waals surface area contributed by atoms with Crippen LogP contribution in [0.3, 0.4) is 0 Å². The smallest absolute Gasteiger partial charge is 0.185 e. The number of rotatable bonds is 4. The molecule has 0 aliphatic heterocycles. The number of sulfone groups is 1. The fourth-order valence-electron chi connectivity index (χ4n) is 2.02. The van der Waals surface area contributed by atoms with E-state index in [0.29, 0.717) is 17.9 Å². The lowest BCUT2D eigenvalue weighted by molar-refractivity contribution is 0.585. The number of hydrogen-bond acceptors (Lipinski definition) is 4. The minimum absolute atomic E-state index is 0.0562. The van der Waals surface area contributed by atoms with E-state index in [-0.39, 0.29) is 15.7 Å². The zero-order valence-electron chi connectivity index (χ0n) is 11.3. The molecule has 2 N–H and O–H groups in total. The van der Waals surface area contributed by atoms with E-state index >= 15 is 0 Å². The van der Waals surface area contributed by atoms with Gasteiger partial charge in [-0.3, -0.25) is 4.68 Å². The van der Waals surface area contributed by atoms with Gasteiger partial charge in [0, 0.05) is 12.2 Å². The number of nitrogens with two attached hydrogens (primary N) is 1. The van der Waals surface area contributed by atoms with Crippen LogP contribution in [0.15, 0.2) is 29.2 Å². The third kappa shape index (κ3) is 2.96. The normalized spacial score (nSPS) is 11.8. The largest absolute Gasteiger partial charge is 0.399 e. The van der Waals surface area contributed by atoms with Crippen molar-refractivity contribution in [1.82, 2.24) is 9.78 Å². The molecule has 7 heteroatoms. The van der Waals surface area contributed by atoms with Gasteiger partial charge in [-0.05, 0) is 38.1 Å². The Hall–Kier alpha value is -1.53. The van der Waals surface area contributed by atoms with Gasteiger partial charge in [0.1, 0.15) is 0 Å². The van der Waals surface area contributed by atoms with Crippen molar-refractivity contribution in [1.29, 1.82) is 0 Å². The van der Waals surface area contributed by atoms with Crippen molar-refractivity contribution in [2.24, 2.45) is 0 Å². The highest BCUT2D eigenvalue weighted by molar-refractivity contribution is 7.90. The van der Waals surface area contributed by atoms with Crippen molar-refractivity contribution in [3.05, 3.63) is 40.7 Å². The maximum Gasteiger partial charge on any atom is 0.185 e. The molecule has 1 aromatic heterocycles. The Morgan fingerprint density at radius 2 is 2.05 bits per heavy atom. The van der Waals surface area contributed by atoms with Gasteiger partial charge in [0.05, 0.1) is 27.1 Å². The Kier molecular flexibility index (Phi) is 4.06. The molecular weight excluding hydrogens is 298 g/mol. The third-order valence-corrected chi connectivity index (χ3v) is 5.04. The van der Waals surface area contributed by atoms with Crippen molar-refractivity contribution in [2.75, 3.05) is 5.73 Å². The zero-order valence-corrected chi connectivity index (χ0v) is 12.9. The predicted molar refractivity (Wildman–Crippen MR) is 79.4 cm³/mol. The summed E-state index contributed by atoms with van der Waals surface area (Å²) in [6, 6.07) is 6.21. The lowest BCUT2D eigenvalue weighted by Gasteiger charge is -2.08. The first-order valence-corrected chi connectivity index (χ1v) is 8.17. The summed E-state index contributed by atoms with van der Waals surface area (Å²) in [5, 5.41) is 4.42. The van der Waals surface area contributed by atoms with Crippen LogP contribution in [0, 0.1) is 6.92 Å². The molecule has 0 saturated carbocycles. The van der Waals surface area contributed by atoms with Gasteiger partial charge in [-0.25, -0.2) is 8.42 Å². The SMILES string of the molecule is CCn1nc(C)cc1CS(=O)(=O)c1cc(N)ccc1Cl. The molecular formula is C13H16ClN3O2S. The molecule has 0 atom stereocenters. The first-order chi connectivity index (χ1) is 9.33. The van der Waals surface area contributed by atoms with Crippen LogP contribution < -0.4 is 5.73 Å². The average Bonchev–Trinajstić information content (AvgIpc) is 2.71. The van der Waals surface area contributed by atoms with Gasteiger partial charge in [-0.15, -0.1) is 0 Å². The highest BCUT2D eigenvalue weighted by Crippen LogP contribution is 2.27. The van der Waals surface area contributed by atoms with E-state index in [0.717, 1.165) is 5.69 Å². The molecule has 0 aliphatic carbocycles. The molecule has 0 spiro atoms. The van der Waals surface area contributed by atoms with Gasteiger partial charge in [0.15, 0.2) is 9.84 Å². The summed E-state index contributed by atoms with van der Waals surface area (Å²) in [4.78, 5) is 0.0562. The van der Waals surface area contributed by atoms with Crippen LogP contribution in [0.5, 0.6) is 0 Å². The molecule has 0 aliphatic rings. The first-order valence-electron chi connectivity index (χ1n) is 6.14. The first kappa shape index (κ1) is 14.9. The number of aryl methyl sites for hydroxylation is 2. The Bertz CT molecular complexity index is 738. The van der Waals surface area contributed by atoms with Gasteiger partial charge in [0.2, 0.25) is 0 Å². The van der Waals surface area contributed by atoms with E-state index in [1.54, 1.807) is 16.8 Å². The second kappa shape index (κ2) is 5.46. The van der Waals surface area contributed by atoms with Crippen molar-refractivity contribution in [2.45, 2.75) is 31.0 Å². The monoisotopic (exact) mass is 313 g/mol. The number of benzene rings is 1.